The molecule has 1 amide bonds. The molecule has 0 radical (unpaired) electrons. The fraction of sp³-hybridized carbons (Fsp3) is 0.650. The van der Waals surface area contributed by atoms with E-state index in [1.54, 1.807) is 0 Å². The Hall–Kier alpha value is -1.35. The van der Waals surface area contributed by atoms with Crippen LogP contribution in [0.3, 0.4) is 0 Å². The van der Waals surface area contributed by atoms with E-state index in [1.165, 1.54) is 57.2 Å². The van der Waals surface area contributed by atoms with Gasteiger partial charge in [0.15, 0.2) is 0 Å². The van der Waals surface area contributed by atoms with Gasteiger partial charge in [-0.15, -0.1) is 0 Å². The monoisotopic (exact) mass is 312 g/mol. The van der Waals surface area contributed by atoms with E-state index in [0.29, 0.717) is 5.92 Å². The number of hydrogen-bond donors (Lipinski definition) is 1. The van der Waals surface area contributed by atoms with Gasteiger partial charge in [-0.2, -0.15) is 0 Å². The fourth-order valence-electron chi connectivity index (χ4n) is 4.92. The summed E-state index contributed by atoms with van der Waals surface area (Å²) in [5.74, 6) is 1.99. The summed E-state index contributed by atoms with van der Waals surface area (Å²) < 4.78 is 0. The zero-order valence-electron chi connectivity index (χ0n) is 14.0. The molecular formula is C20H28N2O. The van der Waals surface area contributed by atoms with Gasteiger partial charge in [0.2, 0.25) is 5.91 Å². The minimum absolute atomic E-state index is 0.257. The molecule has 3 heteroatoms. The van der Waals surface area contributed by atoms with E-state index in [1.807, 2.05) is 6.07 Å². The molecule has 2 bridgehead atoms. The summed E-state index contributed by atoms with van der Waals surface area (Å²) >= 11 is 0. The molecule has 2 aliphatic carbocycles. The van der Waals surface area contributed by atoms with E-state index < -0.39 is 0 Å². The van der Waals surface area contributed by atoms with Crippen LogP contribution in [-0.4, -0.2) is 23.9 Å². The largest absolute Gasteiger partial charge is 0.326 e. The Balaban J connectivity index is 1.37. The second kappa shape index (κ2) is 6.64. The first-order valence-corrected chi connectivity index (χ1v) is 9.40. The third kappa shape index (κ3) is 3.45. The van der Waals surface area contributed by atoms with Crippen molar-refractivity contribution in [1.82, 2.24) is 4.90 Å². The molecule has 23 heavy (non-hydrogen) atoms. The Morgan fingerprint density at radius 3 is 2.74 bits per heavy atom. The molecule has 2 saturated carbocycles. The average Bonchev–Trinajstić information content (AvgIpc) is 3.19. The highest BCUT2D eigenvalue weighted by Gasteiger charge is 2.42. The highest BCUT2D eigenvalue weighted by molar-refractivity contribution is 5.93. The molecule has 124 valence electrons. The number of hydrogen-bond acceptors (Lipinski definition) is 2. The lowest BCUT2D eigenvalue weighted by Crippen LogP contribution is -2.29. The SMILES string of the molecule is O=C(Nc1cccc(CN2CCCCC2)c1)C1CC2CCC1C2. The third-order valence-corrected chi connectivity index (χ3v) is 6.12. The smallest absolute Gasteiger partial charge is 0.227 e. The van der Waals surface area contributed by atoms with E-state index in [0.717, 1.165) is 24.6 Å². The van der Waals surface area contributed by atoms with Crippen LogP contribution in [0.15, 0.2) is 24.3 Å². The molecule has 3 nitrogen and oxygen atoms in total. The fourth-order valence-corrected chi connectivity index (χ4v) is 4.92. The van der Waals surface area contributed by atoms with E-state index in [-0.39, 0.29) is 11.8 Å². The number of likely N-dealkylation sites (tertiary alicyclic amines) is 1. The number of amides is 1. The molecule has 1 aliphatic heterocycles. The number of nitrogens with one attached hydrogen (secondary N) is 1. The summed E-state index contributed by atoms with van der Waals surface area (Å²) in [6.45, 7) is 3.43. The van der Waals surface area contributed by atoms with E-state index in [4.69, 9.17) is 0 Å². The molecule has 1 aromatic rings. The van der Waals surface area contributed by atoms with Crippen LogP contribution in [0.1, 0.15) is 50.5 Å². The quantitative estimate of drug-likeness (QED) is 0.910. The molecule has 3 aliphatic rings. The molecule has 4 rings (SSSR count). The summed E-state index contributed by atoms with van der Waals surface area (Å²) in [7, 11) is 0. The van der Waals surface area contributed by atoms with Crippen molar-refractivity contribution in [2.24, 2.45) is 17.8 Å². The van der Waals surface area contributed by atoms with E-state index >= 15 is 0 Å². The number of anilines is 1. The van der Waals surface area contributed by atoms with Crippen LogP contribution in [0, 0.1) is 17.8 Å². The molecule has 1 saturated heterocycles. The van der Waals surface area contributed by atoms with Gasteiger partial charge in [-0.3, -0.25) is 9.69 Å². The zero-order valence-corrected chi connectivity index (χ0v) is 14.0. The number of piperidine rings is 1. The maximum atomic E-state index is 12.6. The molecular weight excluding hydrogens is 284 g/mol. The summed E-state index contributed by atoms with van der Waals surface area (Å²) in [5, 5.41) is 3.19. The van der Waals surface area contributed by atoms with E-state index in [9.17, 15) is 4.79 Å². The van der Waals surface area contributed by atoms with Gasteiger partial charge in [0.05, 0.1) is 0 Å². The molecule has 0 spiro atoms. The standard InChI is InChI=1S/C20H28N2O/c23-20(19-13-15-7-8-17(19)11-15)21-18-6-4-5-16(12-18)14-22-9-2-1-3-10-22/h4-6,12,15,17,19H,1-3,7-11,13-14H2,(H,21,23). The van der Waals surface area contributed by atoms with Gasteiger partial charge >= 0.3 is 0 Å². The van der Waals surface area contributed by atoms with Crippen molar-refractivity contribution in [2.45, 2.75) is 51.5 Å². The Bertz CT molecular complexity index is 565. The van der Waals surface area contributed by atoms with Crippen LogP contribution in [-0.2, 0) is 11.3 Å². The lowest BCUT2D eigenvalue weighted by Gasteiger charge is -2.26. The average molecular weight is 312 g/mol. The second-order valence-corrected chi connectivity index (χ2v) is 7.81. The molecule has 1 heterocycles. The number of benzene rings is 1. The summed E-state index contributed by atoms with van der Waals surface area (Å²) in [4.78, 5) is 15.1. The molecule has 3 unspecified atom stereocenters. The first kappa shape index (κ1) is 15.2. The zero-order chi connectivity index (χ0) is 15.6. The Morgan fingerprint density at radius 2 is 2.00 bits per heavy atom. The number of fused-ring (bicyclic) bond motifs is 2. The van der Waals surface area contributed by atoms with Gasteiger partial charge in [0.1, 0.15) is 0 Å². The molecule has 1 aromatic carbocycles. The number of rotatable bonds is 4. The van der Waals surface area contributed by atoms with Crippen LogP contribution >= 0.6 is 0 Å². The van der Waals surface area contributed by atoms with Crippen molar-refractivity contribution in [3.8, 4) is 0 Å². The minimum Gasteiger partial charge on any atom is -0.326 e. The lowest BCUT2D eigenvalue weighted by molar-refractivity contribution is -0.121. The molecule has 0 aromatic heterocycles. The normalized spacial score (nSPS) is 30.5. The lowest BCUT2D eigenvalue weighted by atomic mass is 9.88. The van der Waals surface area contributed by atoms with Gasteiger partial charge < -0.3 is 5.32 Å². The van der Waals surface area contributed by atoms with Gasteiger partial charge in [-0.25, -0.2) is 0 Å². The van der Waals surface area contributed by atoms with Crippen LogP contribution in [0.4, 0.5) is 5.69 Å². The Kier molecular flexibility index (Phi) is 4.39. The van der Waals surface area contributed by atoms with Crippen molar-refractivity contribution in [2.75, 3.05) is 18.4 Å². The summed E-state index contributed by atoms with van der Waals surface area (Å²) in [6, 6.07) is 8.46. The predicted molar refractivity (Wildman–Crippen MR) is 93.1 cm³/mol. The van der Waals surface area contributed by atoms with Gasteiger partial charge in [-0.1, -0.05) is 25.0 Å². The molecule has 1 N–H and O–H groups in total. The molecule has 3 atom stereocenters. The number of nitrogens with zero attached hydrogens (tertiary/aromatic N) is 1. The van der Waals surface area contributed by atoms with Crippen LogP contribution in [0.5, 0.6) is 0 Å². The molecule has 3 fully saturated rings. The Morgan fingerprint density at radius 1 is 1.13 bits per heavy atom. The van der Waals surface area contributed by atoms with Crippen molar-refractivity contribution in [1.29, 1.82) is 0 Å². The topological polar surface area (TPSA) is 32.3 Å². The summed E-state index contributed by atoms with van der Waals surface area (Å²) in [6.07, 6.45) is 9.02. The first-order valence-electron chi connectivity index (χ1n) is 9.40. The number of carbonyl (C=O) groups is 1. The first-order chi connectivity index (χ1) is 11.3. The van der Waals surface area contributed by atoms with Crippen LogP contribution in [0.25, 0.3) is 0 Å². The van der Waals surface area contributed by atoms with Crippen molar-refractivity contribution in [3.05, 3.63) is 29.8 Å². The second-order valence-electron chi connectivity index (χ2n) is 7.81. The highest BCUT2D eigenvalue weighted by atomic mass is 16.1. The predicted octanol–water partition coefficient (Wildman–Crippen LogP) is 4.05. The highest BCUT2D eigenvalue weighted by Crippen LogP contribution is 2.48. The number of carbonyl (C=O) groups excluding carboxylic acids is 1. The summed E-state index contributed by atoms with van der Waals surface area (Å²) in [5.41, 5.74) is 2.30. The van der Waals surface area contributed by atoms with Gasteiger partial charge in [-0.05, 0) is 74.7 Å². The third-order valence-electron chi connectivity index (χ3n) is 6.12. The van der Waals surface area contributed by atoms with Crippen LogP contribution < -0.4 is 5.32 Å². The van der Waals surface area contributed by atoms with Gasteiger partial charge in [0.25, 0.3) is 0 Å². The minimum atomic E-state index is 0.257. The van der Waals surface area contributed by atoms with Crippen LogP contribution in [0.2, 0.25) is 0 Å². The van der Waals surface area contributed by atoms with Crippen molar-refractivity contribution >= 4 is 11.6 Å². The maximum Gasteiger partial charge on any atom is 0.227 e. The Labute approximate surface area is 139 Å². The maximum absolute atomic E-state index is 12.6. The van der Waals surface area contributed by atoms with E-state index in [2.05, 4.69) is 28.4 Å². The van der Waals surface area contributed by atoms with Gasteiger partial charge in [0, 0.05) is 18.2 Å². The van der Waals surface area contributed by atoms with Crippen molar-refractivity contribution < 1.29 is 4.79 Å². The van der Waals surface area contributed by atoms with Crippen molar-refractivity contribution in [3.63, 3.8) is 0 Å².